The van der Waals surface area contributed by atoms with Gasteiger partial charge in [-0.25, -0.2) is 9.37 Å². The Bertz CT molecular complexity index is 751. The average molecular weight is 332 g/mol. The average Bonchev–Trinajstić information content (AvgIpc) is 3.19. The molecule has 0 saturated heterocycles. The van der Waals surface area contributed by atoms with Crippen LogP contribution in [-0.4, -0.2) is 10.9 Å². The Kier molecular flexibility index (Phi) is 4.60. The largest absolute Gasteiger partial charge is 0.345 e. The van der Waals surface area contributed by atoms with E-state index in [2.05, 4.69) is 10.3 Å². The second-order valence-corrected chi connectivity index (χ2v) is 6.83. The molecule has 0 atom stereocenters. The Morgan fingerprint density at radius 3 is 2.77 bits per heavy atom. The lowest BCUT2D eigenvalue weighted by molar-refractivity contribution is 0.0955. The predicted molar refractivity (Wildman–Crippen MR) is 86.8 cm³/mol. The zero-order valence-electron chi connectivity index (χ0n) is 11.6. The highest BCUT2D eigenvalue weighted by Gasteiger charge is 2.08. The number of amides is 1. The number of thiophene rings is 1. The van der Waals surface area contributed by atoms with Gasteiger partial charge in [-0.3, -0.25) is 4.79 Å². The molecule has 0 bridgehead atoms. The first-order valence-corrected chi connectivity index (χ1v) is 8.40. The van der Waals surface area contributed by atoms with E-state index in [1.807, 2.05) is 11.4 Å². The van der Waals surface area contributed by atoms with Crippen LogP contribution in [0.15, 0.2) is 48.0 Å². The van der Waals surface area contributed by atoms with E-state index in [1.165, 1.54) is 23.5 Å². The van der Waals surface area contributed by atoms with Crippen LogP contribution in [0.4, 0.5) is 4.39 Å². The summed E-state index contributed by atoms with van der Waals surface area (Å²) >= 11 is 2.97. The minimum absolute atomic E-state index is 0.0784. The molecule has 0 spiro atoms. The summed E-state index contributed by atoms with van der Waals surface area (Å²) in [7, 11) is 0. The van der Waals surface area contributed by atoms with Crippen molar-refractivity contribution in [2.45, 2.75) is 13.0 Å². The number of hydrogen-bond donors (Lipinski definition) is 1. The second-order valence-electron chi connectivity index (χ2n) is 4.68. The maximum absolute atomic E-state index is 12.9. The summed E-state index contributed by atoms with van der Waals surface area (Å²) in [6, 6.07) is 10.1. The van der Waals surface area contributed by atoms with Crippen molar-refractivity contribution in [3.05, 3.63) is 74.1 Å². The number of aromatic nitrogens is 1. The molecule has 3 rings (SSSR count). The quantitative estimate of drug-likeness (QED) is 0.771. The number of thiazole rings is 1. The van der Waals surface area contributed by atoms with Gasteiger partial charge < -0.3 is 5.32 Å². The molecule has 0 aliphatic rings. The van der Waals surface area contributed by atoms with Gasteiger partial charge in [-0.2, -0.15) is 0 Å². The molecule has 2 heterocycles. The van der Waals surface area contributed by atoms with Gasteiger partial charge in [0.1, 0.15) is 10.8 Å². The van der Waals surface area contributed by atoms with Gasteiger partial charge in [0.25, 0.3) is 5.91 Å². The van der Waals surface area contributed by atoms with Crippen molar-refractivity contribution in [3.63, 3.8) is 0 Å². The molecule has 112 valence electrons. The minimum atomic E-state index is -0.231. The molecular weight excluding hydrogens is 319 g/mol. The summed E-state index contributed by atoms with van der Waals surface area (Å²) in [6.45, 7) is 0.421. The van der Waals surface area contributed by atoms with Crippen LogP contribution in [0.2, 0.25) is 0 Å². The maximum atomic E-state index is 12.9. The van der Waals surface area contributed by atoms with Crippen LogP contribution in [0.1, 0.15) is 25.1 Å². The van der Waals surface area contributed by atoms with Gasteiger partial charge in [-0.05, 0) is 29.1 Å². The number of nitrogens with one attached hydrogen (secondary N) is 1. The normalized spacial score (nSPS) is 10.6. The molecular formula is C16H13FN2OS2. The topological polar surface area (TPSA) is 42.0 Å². The molecule has 2 aromatic heterocycles. The van der Waals surface area contributed by atoms with E-state index in [0.717, 1.165) is 21.9 Å². The molecule has 1 amide bonds. The SMILES string of the molecule is O=C(NCc1ncc(Cc2ccc(F)cc2)s1)c1cccs1. The van der Waals surface area contributed by atoms with Crippen molar-refractivity contribution >= 4 is 28.6 Å². The van der Waals surface area contributed by atoms with Gasteiger partial charge in [-0.15, -0.1) is 22.7 Å². The number of carbonyl (C=O) groups excluding carboxylic acids is 1. The highest BCUT2D eigenvalue weighted by molar-refractivity contribution is 7.12. The van der Waals surface area contributed by atoms with Crippen LogP contribution in [0.5, 0.6) is 0 Å². The van der Waals surface area contributed by atoms with Crippen molar-refractivity contribution in [3.8, 4) is 0 Å². The molecule has 0 aliphatic heterocycles. The Balaban J connectivity index is 1.57. The predicted octanol–water partition coefficient (Wildman–Crippen LogP) is 3.86. The monoisotopic (exact) mass is 332 g/mol. The van der Waals surface area contributed by atoms with Crippen LogP contribution < -0.4 is 5.32 Å². The third-order valence-electron chi connectivity index (χ3n) is 3.04. The summed E-state index contributed by atoms with van der Waals surface area (Å²) in [5.74, 6) is -0.310. The minimum Gasteiger partial charge on any atom is -0.345 e. The number of benzene rings is 1. The fourth-order valence-electron chi connectivity index (χ4n) is 1.97. The number of halogens is 1. The van der Waals surface area contributed by atoms with E-state index in [-0.39, 0.29) is 11.7 Å². The molecule has 22 heavy (non-hydrogen) atoms. The Morgan fingerprint density at radius 1 is 1.23 bits per heavy atom. The lowest BCUT2D eigenvalue weighted by Gasteiger charge is -2.00. The first kappa shape index (κ1) is 14.9. The van der Waals surface area contributed by atoms with Crippen LogP contribution >= 0.6 is 22.7 Å². The number of hydrogen-bond acceptors (Lipinski definition) is 4. The van der Waals surface area contributed by atoms with Crippen LogP contribution in [0.3, 0.4) is 0 Å². The molecule has 6 heteroatoms. The van der Waals surface area contributed by atoms with Gasteiger partial charge in [-0.1, -0.05) is 18.2 Å². The lowest BCUT2D eigenvalue weighted by atomic mass is 10.1. The lowest BCUT2D eigenvalue weighted by Crippen LogP contribution is -2.21. The summed E-state index contributed by atoms with van der Waals surface area (Å²) in [5, 5.41) is 5.59. The molecule has 1 aromatic carbocycles. The van der Waals surface area contributed by atoms with Crippen LogP contribution in [0, 0.1) is 5.82 Å². The fraction of sp³-hybridized carbons (Fsp3) is 0.125. The summed E-state index contributed by atoms with van der Waals surface area (Å²) in [4.78, 5) is 18.0. The van der Waals surface area contributed by atoms with E-state index in [9.17, 15) is 9.18 Å². The fourth-order valence-corrected chi connectivity index (χ4v) is 3.50. The van der Waals surface area contributed by atoms with Crippen molar-refractivity contribution in [2.75, 3.05) is 0 Å². The maximum Gasteiger partial charge on any atom is 0.261 e. The van der Waals surface area contributed by atoms with Crippen molar-refractivity contribution in [1.82, 2.24) is 10.3 Å². The molecule has 0 unspecified atom stereocenters. The van der Waals surface area contributed by atoms with E-state index < -0.39 is 0 Å². The Labute approximate surface area is 135 Å². The Morgan fingerprint density at radius 2 is 2.05 bits per heavy atom. The van der Waals surface area contributed by atoms with Crippen molar-refractivity contribution < 1.29 is 9.18 Å². The summed E-state index contributed by atoms with van der Waals surface area (Å²) < 4.78 is 12.9. The molecule has 0 fully saturated rings. The van der Waals surface area contributed by atoms with Gasteiger partial charge in [0, 0.05) is 17.5 Å². The van der Waals surface area contributed by atoms with Gasteiger partial charge in [0.15, 0.2) is 0 Å². The van der Waals surface area contributed by atoms with E-state index in [1.54, 1.807) is 35.7 Å². The molecule has 1 N–H and O–H groups in total. The Hall–Kier alpha value is -2.05. The molecule has 3 aromatic rings. The van der Waals surface area contributed by atoms with E-state index in [4.69, 9.17) is 0 Å². The molecule has 0 saturated carbocycles. The van der Waals surface area contributed by atoms with Gasteiger partial charge >= 0.3 is 0 Å². The number of carbonyl (C=O) groups is 1. The standard InChI is InChI=1S/C16H13FN2OS2/c17-12-5-3-11(4-6-12)8-13-9-18-15(22-13)10-19-16(20)14-2-1-7-21-14/h1-7,9H,8,10H2,(H,19,20). The summed E-state index contributed by atoms with van der Waals surface area (Å²) in [5.41, 5.74) is 1.04. The number of nitrogens with zero attached hydrogens (tertiary/aromatic N) is 1. The van der Waals surface area contributed by atoms with Crippen molar-refractivity contribution in [1.29, 1.82) is 0 Å². The molecule has 0 radical (unpaired) electrons. The third kappa shape index (κ3) is 3.78. The molecule has 3 nitrogen and oxygen atoms in total. The number of rotatable bonds is 5. The molecule has 0 aliphatic carbocycles. The van der Waals surface area contributed by atoms with E-state index >= 15 is 0 Å². The highest BCUT2D eigenvalue weighted by atomic mass is 32.1. The van der Waals surface area contributed by atoms with Gasteiger partial charge in [0.2, 0.25) is 0 Å². The van der Waals surface area contributed by atoms with E-state index in [0.29, 0.717) is 11.4 Å². The smallest absolute Gasteiger partial charge is 0.261 e. The third-order valence-corrected chi connectivity index (χ3v) is 4.90. The van der Waals surface area contributed by atoms with Crippen LogP contribution in [0.25, 0.3) is 0 Å². The second kappa shape index (κ2) is 6.81. The first-order valence-electron chi connectivity index (χ1n) is 6.70. The van der Waals surface area contributed by atoms with Crippen molar-refractivity contribution in [2.24, 2.45) is 0 Å². The van der Waals surface area contributed by atoms with Gasteiger partial charge in [0.05, 0.1) is 11.4 Å². The highest BCUT2D eigenvalue weighted by Crippen LogP contribution is 2.18. The first-order chi connectivity index (χ1) is 10.7. The summed E-state index contributed by atoms with van der Waals surface area (Å²) in [6.07, 6.45) is 2.53. The zero-order chi connectivity index (χ0) is 15.4. The van der Waals surface area contributed by atoms with Crippen LogP contribution in [-0.2, 0) is 13.0 Å². The zero-order valence-corrected chi connectivity index (χ0v) is 13.2.